The lowest BCUT2D eigenvalue weighted by Gasteiger charge is -2.32. The normalized spacial score (nSPS) is 22.6. The zero-order valence-electron chi connectivity index (χ0n) is 17.2. The number of carbonyl (C=O) groups is 1. The number of amides is 1. The maximum Gasteiger partial charge on any atom is 0.263 e. The average molecular weight is 437 g/mol. The van der Waals surface area contributed by atoms with Gasteiger partial charge in [-0.05, 0) is 37.5 Å². The standard InChI is InChI=1S/C23H21F2N5O2/c24-23(25)15-5-19(14-1-2-32-11-14)29-20(6-15)18-10-30(16-3-13(4-16)8-26)21-9-27-22(28-12-31)7-17(18)21/h5-7,9-10,12-14,16,23H,1-4,11H2,(H,27,28,31). The second-order valence-corrected chi connectivity index (χ2v) is 8.32. The number of nitrogens with zero attached hydrogens (tertiary/aromatic N) is 4. The highest BCUT2D eigenvalue weighted by molar-refractivity contribution is 5.97. The van der Waals surface area contributed by atoms with E-state index in [0.29, 0.717) is 42.4 Å². The van der Waals surface area contributed by atoms with Gasteiger partial charge in [0, 0.05) is 47.0 Å². The van der Waals surface area contributed by atoms with Gasteiger partial charge in [0.25, 0.3) is 6.43 Å². The molecule has 0 radical (unpaired) electrons. The quantitative estimate of drug-likeness (QED) is 0.570. The minimum absolute atomic E-state index is 0.0131. The van der Waals surface area contributed by atoms with E-state index in [1.807, 2.05) is 10.8 Å². The first-order chi connectivity index (χ1) is 15.6. The third-order valence-corrected chi connectivity index (χ3v) is 6.36. The zero-order valence-corrected chi connectivity index (χ0v) is 17.2. The number of pyridine rings is 2. The Morgan fingerprint density at radius 2 is 2.16 bits per heavy atom. The third-order valence-electron chi connectivity index (χ3n) is 6.36. The van der Waals surface area contributed by atoms with Crippen LogP contribution in [0.3, 0.4) is 0 Å². The largest absolute Gasteiger partial charge is 0.381 e. The second kappa shape index (κ2) is 8.28. The molecule has 1 unspecified atom stereocenters. The molecule has 9 heteroatoms. The fraction of sp³-hybridized carbons (Fsp3) is 0.391. The fourth-order valence-corrected chi connectivity index (χ4v) is 4.53. The predicted molar refractivity (Wildman–Crippen MR) is 113 cm³/mol. The molecule has 164 valence electrons. The Hall–Kier alpha value is -3.38. The number of hydrogen-bond acceptors (Lipinski definition) is 5. The van der Waals surface area contributed by atoms with Crippen molar-refractivity contribution in [1.29, 1.82) is 5.26 Å². The van der Waals surface area contributed by atoms with Crippen LogP contribution in [0, 0.1) is 17.2 Å². The van der Waals surface area contributed by atoms with E-state index in [1.54, 1.807) is 12.3 Å². The summed E-state index contributed by atoms with van der Waals surface area (Å²) in [5, 5.41) is 12.5. The van der Waals surface area contributed by atoms with Crippen LogP contribution >= 0.6 is 0 Å². The minimum atomic E-state index is -2.62. The summed E-state index contributed by atoms with van der Waals surface area (Å²) >= 11 is 0. The van der Waals surface area contributed by atoms with E-state index >= 15 is 0 Å². The van der Waals surface area contributed by atoms with Crippen LogP contribution in [0.1, 0.15) is 48.9 Å². The molecule has 1 atom stereocenters. The fourth-order valence-electron chi connectivity index (χ4n) is 4.53. The van der Waals surface area contributed by atoms with Crippen LogP contribution in [0.4, 0.5) is 14.6 Å². The highest BCUT2D eigenvalue weighted by Gasteiger charge is 2.32. The van der Waals surface area contributed by atoms with Gasteiger partial charge in [0.1, 0.15) is 5.82 Å². The summed E-state index contributed by atoms with van der Waals surface area (Å²) in [6.07, 6.45) is 3.68. The van der Waals surface area contributed by atoms with Crippen LogP contribution in [-0.2, 0) is 9.53 Å². The first-order valence-corrected chi connectivity index (χ1v) is 10.6. The smallest absolute Gasteiger partial charge is 0.263 e. The van der Waals surface area contributed by atoms with Crippen molar-refractivity contribution < 1.29 is 18.3 Å². The number of nitrogens with one attached hydrogen (secondary N) is 1. The maximum atomic E-state index is 13.7. The molecule has 1 N–H and O–H groups in total. The van der Waals surface area contributed by atoms with Gasteiger partial charge in [-0.1, -0.05) is 0 Å². The van der Waals surface area contributed by atoms with Crippen LogP contribution in [0.2, 0.25) is 0 Å². The molecule has 1 saturated heterocycles. The van der Waals surface area contributed by atoms with Crippen molar-refractivity contribution >= 4 is 23.1 Å². The average Bonchev–Trinajstić information content (AvgIpc) is 3.42. The lowest BCUT2D eigenvalue weighted by atomic mass is 9.81. The van der Waals surface area contributed by atoms with E-state index < -0.39 is 6.43 Å². The summed E-state index contributed by atoms with van der Waals surface area (Å²) in [7, 11) is 0. The molecule has 3 aromatic rings. The summed E-state index contributed by atoms with van der Waals surface area (Å²) in [5.41, 5.74) is 2.48. The highest BCUT2D eigenvalue weighted by atomic mass is 19.3. The monoisotopic (exact) mass is 437 g/mol. The van der Waals surface area contributed by atoms with Gasteiger partial charge in [-0.2, -0.15) is 5.26 Å². The van der Waals surface area contributed by atoms with Gasteiger partial charge >= 0.3 is 0 Å². The molecule has 3 aromatic heterocycles. The van der Waals surface area contributed by atoms with Crippen molar-refractivity contribution in [2.45, 2.75) is 37.6 Å². The van der Waals surface area contributed by atoms with Crippen molar-refractivity contribution in [1.82, 2.24) is 14.5 Å². The van der Waals surface area contributed by atoms with Gasteiger partial charge in [0.05, 0.1) is 36.0 Å². The van der Waals surface area contributed by atoms with Crippen molar-refractivity contribution in [3.63, 3.8) is 0 Å². The van der Waals surface area contributed by atoms with Gasteiger partial charge in [0.15, 0.2) is 0 Å². The summed E-state index contributed by atoms with van der Waals surface area (Å²) < 4.78 is 35.0. The first kappa shape index (κ1) is 20.5. The van der Waals surface area contributed by atoms with Gasteiger partial charge in [-0.3, -0.25) is 9.78 Å². The molecule has 4 heterocycles. The van der Waals surface area contributed by atoms with Gasteiger partial charge in [-0.15, -0.1) is 0 Å². The van der Waals surface area contributed by atoms with E-state index in [0.717, 1.165) is 30.2 Å². The molecule has 32 heavy (non-hydrogen) atoms. The number of rotatable bonds is 6. The number of ether oxygens (including phenoxy) is 1. The Labute approximate surface area is 183 Å². The number of fused-ring (bicyclic) bond motifs is 1. The number of nitriles is 1. The van der Waals surface area contributed by atoms with E-state index in [1.165, 1.54) is 12.1 Å². The number of aromatic nitrogens is 3. The lowest BCUT2D eigenvalue weighted by Crippen LogP contribution is -2.25. The molecular weight excluding hydrogens is 416 g/mol. The topological polar surface area (TPSA) is 92.8 Å². The summed E-state index contributed by atoms with van der Waals surface area (Å²) in [6, 6.07) is 7.04. The van der Waals surface area contributed by atoms with Crippen molar-refractivity contribution in [3.05, 3.63) is 41.9 Å². The molecule has 7 nitrogen and oxygen atoms in total. The Bertz CT molecular complexity index is 1210. The SMILES string of the molecule is N#CC1CC(n2cc(-c3cc(C(F)F)cc(C4CCOC4)n3)c3cc(NC=O)ncc32)C1. The van der Waals surface area contributed by atoms with Gasteiger partial charge in [0.2, 0.25) is 6.41 Å². The van der Waals surface area contributed by atoms with Crippen LogP contribution in [0.15, 0.2) is 30.6 Å². The number of carbonyl (C=O) groups excluding carboxylic acids is 1. The number of hydrogen-bond donors (Lipinski definition) is 1. The molecule has 1 aliphatic carbocycles. The second-order valence-electron chi connectivity index (χ2n) is 8.32. The maximum absolute atomic E-state index is 13.7. The van der Waals surface area contributed by atoms with Gasteiger partial charge < -0.3 is 14.6 Å². The molecule has 1 amide bonds. The minimum Gasteiger partial charge on any atom is -0.381 e. The van der Waals surface area contributed by atoms with Crippen molar-refractivity contribution in [2.24, 2.45) is 5.92 Å². The number of anilines is 1. The summed E-state index contributed by atoms with van der Waals surface area (Å²) in [6.45, 7) is 1.06. The zero-order chi connectivity index (χ0) is 22.2. The summed E-state index contributed by atoms with van der Waals surface area (Å²) in [5.74, 6) is 0.362. The first-order valence-electron chi connectivity index (χ1n) is 10.6. The van der Waals surface area contributed by atoms with Crippen LogP contribution in [0.25, 0.3) is 22.2 Å². The molecule has 0 bridgehead atoms. The molecule has 0 aromatic carbocycles. The van der Waals surface area contributed by atoms with E-state index in [4.69, 9.17) is 15.0 Å². The number of alkyl halides is 2. The Kier molecular flexibility index (Phi) is 5.31. The lowest BCUT2D eigenvalue weighted by molar-refractivity contribution is -0.105. The van der Waals surface area contributed by atoms with Gasteiger partial charge in [-0.25, -0.2) is 13.8 Å². The molecule has 1 saturated carbocycles. The van der Waals surface area contributed by atoms with Crippen LogP contribution < -0.4 is 5.32 Å². The number of halogens is 2. The Morgan fingerprint density at radius 1 is 1.31 bits per heavy atom. The molecular formula is C23H21F2N5O2. The highest BCUT2D eigenvalue weighted by Crippen LogP contribution is 2.42. The van der Waals surface area contributed by atoms with Crippen molar-refractivity contribution in [2.75, 3.05) is 18.5 Å². The van der Waals surface area contributed by atoms with Crippen molar-refractivity contribution in [3.8, 4) is 17.3 Å². The predicted octanol–water partition coefficient (Wildman–Crippen LogP) is 4.58. The van der Waals surface area contributed by atoms with E-state index in [-0.39, 0.29) is 23.4 Å². The summed E-state index contributed by atoms with van der Waals surface area (Å²) in [4.78, 5) is 20.0. The van der Waals surface area contributed by atoms with Crippen LogP contribution in [0.5, 0.6) is 0 Å². The third kappa shape index (κ3) is 3.60. The molecule has 2 aliphatic rings. The Morgan fingerprint density at radius 3 is 2.84 bits per heavy atom. The molecule has 1 aliphatic heterocycles. The molecule has 0 spiro atoms. The Balaban J connectivity index is 1.66. The molecule has 2 fully saturated rings. The van der Waals surface area contributed by atoms with E-state index in [9.17, 15) is 13.6 Å². The molecule has 5 rings (SSSR count). The van der Waals surface area contributed by atoms with Crippen LogP contribution in [-0.4, -0.2) is 34.2 Å². The van der Waals surface area contributed by atoms with E-state index in [2.05, 4.69) is 16.4 Å².